The van der Waals surface area contributed by atoms with Crippen LogP contribution in [0.2, 0.25) is 0 Å². The quantitative estimate of drug-likeness (QED) is 0.806. The van der Waals surface area contributed by atoms with Crippen LogP contribution in [0.3, 0.4) is 0 Å². The van der Waals surface area contributed by atoms with Gasteiger partial charge >= 0.3 is 0 Å². The highest BCUT2D eigenvalue weighted by Crippen LogP contribution is 2.31. The highest BCUT2D eigenvalue weighted by atomic mass is 32.1. The third-order valence-electron chi connectivity index (χ3n) is 3.48. The molecule has 1 aromatic heterocycles. The first kappa shape index (κ1) is 14.6. The Morgan fingerprint density at radius 3 is 2.35 bits per heavy atom. The zero-order chi connectivity index (χ0) is 12.8. The first-order valence-electron chi connectivity index (χ1n) is 6.63. The minimum Gasteiger partial charge on any atom is -0.312 e. The molecule has 0 saturated heterocycles. The maximum Gasteiger partial charge on any atom is 0.0829 e. The number of hydrogen-bond acceptors (Lipinski definition) is 4. The van der Waals surface area contributed by atoms with Gasteiger partial charge < -0.3 is 5.32 Å². The molecule has 0 bridgehead atoms. The Balaban J connectivity index is 2.82. The lowest BCUT2D eigenvalue weighted by Crippen LogP contribution is -2.20. The summed E-state index contributed by atoms with van der Waals surface area (Å²) in [6, 6.07) is 0.414. The summed E-state index contributed by atoms with van der Waals surface area (Å²) in [5.41, 5.74) is 1.17. The molecule has 0 aromatic carbocycles. The van der Waals surface area contributed by atoms with Crippen molar-refractivity contribution in [2.24, 2.45) is 5.92 Å². The van der Waals surface area contributed by atoms with Crippen LogP contribution in [-0.4, -0.2) is 16.6 Å². The molecular weight excluding hydrogens is 230 g/mol. The summed E-state index contributed by atoms with van der Waals surface area (Å²) in [5.74, 6) is 1.25. The van der Waals surface area contributed by atoms with Crippen LogP contribution >= 0.6 is 11.5 Å². The fourth-order valence-corrected chi connectivity index (χ4v) is 3.09. The van der Waals surface area contributed by atoms with E-state index in [0.717, 1.165) is 5.92 Å². The Labute approximate surface area is 109 Å². The zero-order valence-electron chi connectivity index (χ0n) is 11.7. The molecule has 17 heavy (non-hydrogen) atoms. The van der Waals surface area contributed by atoms with Crippen LogP contribution in [-0.2, 0) is 0 Å². The predicted octanol–water partition coefficient (Wildman–Crippen LogP) is 3.75. The Kier molecular flexibility index (Phi) is 6.06. The topological polar surface area (TPSA) is 37.8 Å². The van der Waals surface area contributed by atoms with Crippen LogP contribution in [0.15, 0.2) is 0 Å². The van der Waals surface area contributed by atoms with Crippen LogP contribution in [0.4, 0.5) is 0 Å². The molecule has 1 rings (SSSR count). The van der Waals surface area contributed by atoms with Gasteiger partial charge in [-0.2, -0.15) is 0 Å². The third-order valence-corrected chi connectivity index (χ3v) is 4.33. The molecule has 3 nitrogen and oxygen atoms in total. The van der Waals surface area contributed by atoms with Crippen molar-refractivity contribution in [3.05, 3.63) is 10.6 Å². The van der Waals surface area contributed by atoms with Gasteiger partial charge in [0.1, 0.15) is 0 Å². The predicted molar refractivity (Wildman–Crippen MR) is 74.5 cm³/mol. The van der Waals surface area contributed by atoms with Crippen LogP contribution in [0.1, 0.15) is 69.5 Å². The van der Waals surface area contributed by atoms with E-state index >= 15 is 0 Å². The van der Waals surface area contributed by atoms with E-state index < -0.39 is 0 Å². The number of nitrogens with zero attached hydrogens (tertiary/aromatic N) is 2. The monoisotopic (exact) mass is 255 g/mol. The van der Waals surface area contributed by atoms with Gasteiger partial charge in [-0.1, -0.05) is 45.0 Å². The SMILES string of the molecule is CCC(CC)CC(NC)c1snnc1C(C)C. The van der Waals surface area contributed by atoms with Crippen molar-refractivity contribution < 1.29 is 0 Å². The molecule has 0 spiro atoms. The van der Waals surface area contributed by atoms with Crippen LogP contribution < -0.4 is 5.32 Å². The summed E-state index contributed by atoms with van der Waals surface area (Å²) in [7, 11) is 2.04. The van der Waals surface area contributed by atoms with Crippen molar-refractivity contribution in [3.63, 3.8) is 0 Å². The first-order valence-corrected chi connectivity index (χ1v) is 7.40. The van der Waals surface area contributed by atoms with Crippen LogP contribution in [0.5, 0.6) is 0 Å². The molecular formula is C13H25N3S. The lowest BCUT2D eigenvalue weighted by Gasteiger charge is -2.21. The van der Waals surface area contributed by atoms with E-state index in [2.05, 4.69) is 42.6 Å². The van der Waals surface area contributed by atoms with E-state index in [9.17, 15) is 0 Å². The standard InChI is InChI=1S/C13H25N3S/c1-6-10(7-2)8-11(14-5)13-12(9(3)4)15-16-17-13/h9-11,14H,6-8H2,1-5H3. The van der Waals surface area contributed by atoms with Crippen molar-refractivity contribution in [1.82, 2.24) is 14.9 Å². The average Bonchev–Trinajstić information content (AvgIpc) is 2.80. The number of hydrogen-bond donors (Lipinski definition) is 1. The van der Waals surface area contributed by atoms with E-state index in [0.29, 0.717) is 12.0 Å². The summed E-state index contributed by atoms with van der Waals surface area (Å²) >= 11 is 1.55. The van der Waals surface area contributed by atoms with E-state index in [-0.39, 0.29) is 0 Å². The molecule has 0 radical (unpaired) electrons. The lowest BCUT2D eigenvalue weighted by atomic mass is 9.92. The molecule has 1 N–H and O–H groups in total. The lowest BCUT2D eigenvalue weighted by molar-refractivity contribution is 0.386. The Morgan fingerprint density at radius 1 is 1.24 bits per heavy atom. The van der Waals surface area contributed by atoms with Gasteiger partial charge in [-0.15, -0.1) is 5.10 Å². The molecule has 0 amide bonds. The number of nitrogens with one attached hydrogen (secondary N) is 1. The minimum atomic E-state index is 0.414. The summed E-state index contributed by atoms with van der Waals surface area (Å²) < 4.78 is 4.12. The number of aromatic nitrogens is 2. The van der Waals surface area contributed by atoms with E-state index in [1.807, 2.05) is 7.05 Å². The molecule has 0 fully saturated rings. The smallest absolute Gasteiger partial charge is 0.0829 e. The second-order valence-electron chi connectivity index (χ2n) is 4.94. The summed E-state index contributed by atoms with van der Waals surface area (Å²) in [6.45, 7) is 8.92. The van der Waals surface area contributed by atoms with E-state index in [1.54, 1.807) is 11.5 Å². The number of rotatable bonds is 7. The molecule has 0 saturated carbocycles. The maximum atomic E-state index is 4.27. The summed E-state index contributed by atoms with van der Waals surface area (Å²) in [6.07, 6.45) is 3.68. The Morgan fingerprint density at radius 2 is 1.88 bits per heavy atom. The summed E-state index contributed by atoms with van der Waals surface area (Å²) in [5, 5.41) is 7.70. The van der Waals surface area contributed by atoms with Crippen molar-refractivity contribution >= 4 is 11.5 Å². The van der Waals surface area contributed by atoms with Crippen molar-refractivity contribution in [3.8, 4) is 0 Å². The van der Waals surface area contributed by atoms with Crippen LogP contribution in [0.25, 0.3) is 0 Å². The molecule has 0 aliphatic carbocycles. The minimum absolute atomic E-state index is 0.414. The Bertz CT molecular complexity index is 318. The van der Waals surface area contributed by atoms with Gasteiger partial charge in [-0.25, -0.2) is 0 Å². The maximum absolute atomic E-state index is 4.27. The fraction of sp³-hybridized carbons (Fsp3) is 0.846. The van der Waals surface area contributed by atoms with E-state index in [4.69, 9.17) is 0 Å². The fourth-order valence-electron chi connectivity index (χ4n) is 2.16. The molecule has 0 aliphatic rings. The average molecular weight is 255 g/mol. The van der Waals surface area contributed by atoms with Crippen molar-refractivity contribution in [2.75, 3.05) is 7.05 Å². The highest BCUT2D eigenvalue weighted by molar-refractivity contribution is 7.05. The molecule has 1 atom stereocenters. The zero-order valence-corrected chi connectivity index (χ0v) is 12.5. The van der Waals surface area contributed by atoms with Gasteiger partial charge in [0.05, 0.1) is 10.6 Å². The highest BCUT2D eigenvalue weighted by Gasteiger charge is 2.22. The van der Waals surface area contributed by atoms with E-state index in [1.165, 1.54) is 29.8 Å². The van der Waals surface area contributed by atoms with Gasteiger partial charge in [0, 0.05) is 6.04 Å². The van der Waals surface area contributed by atoms with Gasteiger partial charge in [-0.3, -0.25) is 0 Å². The summed E-state index contributed by atoms with van der Waals surface area (Å²) in [4.78, 5) is 1.33. The van der Waals surface area contributed by atoms with Crippen molar-refractivity contribution in [1.29, 1.82) is 0 Å². The van der Waals surface area contributed by atoms with Gasteiger partial charge in [-0.05, 0) is 36.8 Å². The second kappa shape index (κ2) is 7.07. The molecule has 1 aromatic rings. The van der Waals surface area contributed by atoms with Gasteiger partial charge in [0.25, 0.3) is 0 Å². The molecule has 4 heteroatoms. The van der Waals surface area contributed by atoms with Gasteiger partial charge in [0.2, 0.25) is 0 Å². The molecule has 98 valence electrons. The van der Waals surface area contributed by atoms with Crippen LogP contribution in [0, 0.1) is 5.92 Å². The normalized spacial score (nSPS) is 13.6. The third kappa shape index (κ3) is 3.75. The molecule has 0 aliphatic heterocycles. The largest absolute Gasteiger partial charge is 0.312 e. The van der Waals surface area contributed by atoms with Gasteiger partial charge in [0.15, 0.2) is 0 Å². The first-order chi connectivity index (χ1) is 8.13. The Hall–Kier alpha value is -0.480. The molecule has 1 unspecified atom stereocenters. The molecule has 1 heterocycles. The second-order valence-corrected chi connectivity index (χ2v) is 5.72. The van der Waals surface area contributed by atoms with Crippen molar-refractivity contribution in [2.45, 2.75) is 58.9 Å².